The van der Waals surface area contributed by atoms with Gasteiger partial charge in [0.25, 0.3) is 5.91 Å². The largest absolute Gasteiger partial charge is 0.494 e. The molecule has 0 saturated carbocycles. The Kier molecular flexibility index (Phi) is 7.48. The van der Waals surface area contributed by atoms with Crippen molar-refractivity contribution in [1.29, 1.82) is 0 Å². The molecule has 0 spiro atoms. The summed E-state index contributed by atoms with van der Waals surface area (Å²) in [7, 11) is 1.34. The fraction of sp³-hybridized carbons (Fsp3) is 0.286. The molecule has 6 nitrogen and oxygen atoms in total. The highest BCUT2D eigenvalue weighted by molar-refractivity contribution is 7.99. The van der Waals surface area contributed by atoms with E-state index in [-0.39, 0.29) is 18.2 Å². The van der Waals surface area contributed by atoms with Crippen molar-refractivity contribution < 1.29 is 19.1 Å². The fourth-order valence-corrected chi connectivity index (χ4v) is 4.56. The highest BCUT2D eigenvalue weighted by Gasteiger charge is 2.13. The zero-order valence-corrected chi connectivity index (χ0v) is 17.9. The average molecular weight is 431 g/mol. The van der Waals surface area contributed by atoms with Gasteiger partial charge in [0.2, 0.25) is 0 Å². The molecular formula is C21H22N2O4S2. The number of hydrogen-bond acceptors (Lipinski definition) is 6. The molecule has 2 aromatic carbocycles. The van der Waals surface area contributed by atoms with Crippen molar-refractivity contribution in [2.75, 3.05) is 19.5 Å². The highest BCUT2D eigenvalue weighted by Crippen LogP contribution is 2.23. The quantitative estimate of drug-likeness (QED) is 0.511. The van der Waals surface area contributed by atoms with Crippen LogP contribution in [0, 0.1) is 0 Å². The maximum atomic E-state index is 12.4. The van der Waals surface area contributed by atoms with Crippen molar-refractivity contribution in [2.45, 2.75) is 19.2 Å². The van der Waals surface area contributed by atoms with Gasteiger partial charge in [0.05, 0.1) is 29.7 Å². The molecule has 1 aromatic heterocycles. The van der Waals surface area contributed by atoms with Crippen molar-refractivity contribution in [3.63, 3.8) is 0 Å². The van der Waals surface area contributed by atoms with E-state index in [2.05, 4.69) is 4.99 Å². The van der Waals surface area contributed by atoms with Crippen LogP contribution in [0.3, 0.4) is 0 Å². The minimum atomic E-state index is -0.397. The summed E-state index contributed by atoms with van der Waals surface area (Å²) in [5.41, 5.74) is 1.98. The summed E-state index contributed by atoms with van der Waals surface area (Å²) in [6.07, 6.45) is 0. The van der Waals surface area contributed by atoms with E-state index in [1.807, 2.05) is 55.5 Å². The minimum Gasteiger partial charge on any atom is -0.494 e. The molecule has 0 aliphatic rings. The first-order valence-electron chi connectivity index (χ1n) is 9.13. The minimum absolute atomic E-state index is 0.00620. The van der Waals surface area contributed by atoms with Gasteiger partial charge in [-0.1, -0.05) is 41.7 Å². The van der Waals surface area contributed by atoms with Gasteiger partial charge in [-0.05, 0) is 30.7 Å². The number of hydrogen-bond donors (Lipinski definition) is 0. The number of amides is 1. The van der Waals surface area contributed by atoms with Crippen LogP contribution < -0.4 is 9.54 Å². The van der Waals surface area contributed by atoms with Crippen LogP contribution in [-0.4, -0.2) is 35.9 Å². The Morgan fingerprint density at radius 1 is 1.17 bits per heavy atom. The summed E-state index contributed by atoms with van der Waals surface area (Å²) in [5.74, 6) is 1.12. The molecule has 0 saturated heterocycles. The van der Waals surface area contributed by atoms with E-state index in [1.54, 1.807) is 4.57 Å². The van der Waals surface area contributed by atoms with Crippen molar-refractivity contribution in [2.24, 2.45) is 4.99 Å². The third-order valence-electron chi connectivity index (χ3n) is 4.04. The molecule has 0 aliphatic heterocycles. The van der Waals surface area contributed by atoms with E-state index in [9.17, 15) is 9.59 Å². The smallest absolute Gasteiger partial charge is 0.325 e. The van der Waals surface area contributed by atoms with E-state index >= 15 is 0 Å². The highest BCUT2D eigenvalue weighted by atomic mass is 32.2. The van der Waals surface area contributed by atoms with Crippen LogP contribution in [0.5, 0.6) is 5.75 Å². The van der Waals surface area contributed by atoms with Gasteiger partial charge in [0, 0.05) is 5.75 Å². The second kappa shape index (κ2) is 10.3. The molecule has 152 valence electrons. The number of ether oxygens (including phenoxy) is 2. The van der Waals surface area contributed by atoms with E-state index in [4.69, 9.17) is 9.47 Å². The number of carbonyl (C=O) groups is 2. The number of esters is 1. The molecule has 0 radical (unpaired) electrons. The molecule has 0 atom stereocenters. The van der Waals surface area contributed by atoms with Crippen LogP contribution in [0.4, 0.5) is 0 Å². The first-order valence-corrected chi connectivity index (χ1v) is 11.1. The molecule has 0 fully saturated rings. The lowest BCUT2D eigenvalue weighted by Crippen LogP contribution is -2.22. The molecule has 0 unspecified atom stereocenters. The van der Waals surface area contributed by atoms with Crippen molar-refractivity contribution >= 4 is 45.2 Å². The van der Waals surface area contributed by atoms with E-state index in [1.165, 1.54) is 30.2 Å². The zero-order chi connectivity index (χ0) is 20.6. The molecule has 1 heterocycles. The van der Waals surface area contributed by atoms with Gasteiger partial charge in [0.15, 0.2) is 4.80 Å². The number of aromatic nitrogens is 1. The first kappa shape index (κ1) is 21.1. The molecule has 0 bridgehead atoms. The molecule has 3 aromatic rings. The number of carbonyl (C=O) groups excluding carboxylic acids is 2. The molecule has 0 aliphatic carbocycles. The van der Waals surface area contributed by atoms with E-state index in [0.717, 1.165) is 27.3 Å². The topological polar surface area (TPSA) is 69.9 Å². The van der Waals surface area contributed by atoms with Crippen molar-refractivity contribution in [3.05, 3.63) is 58.9 Å². The number of fused-ring (bicyclic) bond motifs is 1. The van der Waals surface area contributed by atoms with Crippen LogP contribution in [0.2, 0.25) is 0 Å². The Morgan fingerprint density at radius 3 is 2.69 bits per heavy atom. The second-order valence-corrected chi connectivity index (χ2v) is 8.09. The summed E-state index contributed by atoms with van der Waals surface area (Å²) in [6.45, 7) is 2.48. The van der Waals surface area contributed by atoms with Gasteiger partial charge in [-0.25, -0.2) is 0 Å². The molecule has 0 N–H and O–H groups in total. The van der Waals surface area contributed by atoms with Crippen molar-refractivity contribution in [3.8, 4) is 5.75 Å². The van der Waals surface area contributed by atoms with E-state index in [0.29, 0.717) is 11.4 Å². The summed E-state index contributed by atoms with van der Waals surface area (Å²) in [4.78, 5) is 29.0. The zero-order valence-electron chi connectivity index (χ0n) is 16.3. The third kappa shape index (κ3) is 5.71. The average Bonchev–Trinajstić information content (AvgIpc) is 3.05. The van der Waals surface area contributed by atoms with Crippen LogP contribution >= 0.6 is 23.1 Å². The van der Waals surface area contributed by atoms with Gasteiger partial charge in [-0.3, -0.25) is 9.59 Å². The predicted octanol–water partition coefficient (Wildman–Crippen LogP) is 3.64. The van der Waals surface area contributed by atoms with Gasteiger partial charge < -0.3 is 14.0 Å². The van der Waals surface area contributed by atoms with Crippen LogP contribution in [-0.2, 0) is 26.6 Å². The van der Waals surface area contributed by atoms with Crippen molar-refractivity contribution in [1.82, 2.24) is 4.57 Å². The van der Waals surface area contributed by atoms with Crippen LogP contribution in [0.15, 0.2) is 53.5 Å². The Balaban J connectivity index is 1.83. The van der Waals surface area contributed by atoms with Crippen LogP contribution in [0.1, 0.15) is 12.5 Å². The third-order valence-corrected chi connectivity index (χ3v) is 6.07. The number of methoxy groups -OCH3 is 1. The number of benzene rings is 2. The lowest BCUT2D eigenvalue weighted by atomic mass is 10.2. The number of thioether (sulfide) groups is 1. The summed E-state index contributed by atoms with van der Waals surface area (Å²) in [6, 6.07) is 15.6. The lowest BCUT2D eigenvalue weighted by Gasteiger charge is -2.05. The SMILES string of the molecule is CCOc1ccc2c(c1)sc(=NC(=O)CSCc1ccccc1)n2CC(=O)OC. The van der Waals surface area contributed by atoms with Gasteiger partial charge in [-0.2, -0.15) is 4.99 Å². The fourth-order valence-electron chi connectivity index (χ4n) is 2.71. The standard InChI is InChI=1S/C21H22N2O4S2/c1-3-27-16-9-10-17-18(11-16)29-21(23(17)12-20(25)26-2)22-19(24)14-28-13-15-7-5-4-6-8-15/h4-11H,3,12-14H2,1-2H3. The first-order chi connectivity index (χ1) is 14.1. The second-order valence-electron chi connectivity index (χ2n) is 6.09. The molecule has 29 heavy (non-hydrogen) atoms. The normalized spacial score (nSPS) is 11.6. The number of thiazole rings is 1. The monoisotopic (exact) mass is 430 g/mol. The van der Waals surface area contributed by atoms with Gasteiger partial charge in [0.1, 0.15) is 12.3 Å². The molecule has 8 heteroatoms. The maximum absolute atomic E-state index is 12.4. The Hall–Kier alpha value is -2.58. The summed E-state index contributed by atoms with van der Waals surface area (Å²) in [5, 5.41) is 0. The Morgan fingerprint density at radius 2 is 1.97 bits per heavy atom. The Labute approximate surface area is 177 Å². The van der Waals surface area contributed by atoms with Crippen LogP contribution in [0.25, 0.3) is 10.2 Å². The lowest BCUT2D eigenvalue weighted by molar-refractivity contribution is -0.141. The number of rotatable bonds is 8. The molecular weight excluding hydrogens is 408 g/mol. The summed E-state index contributed by atoms with van der Waals surface area (Å²) >= 11 is 2.87. The molecule has 1 amide bonds. The van der Waals surface area contributed by atoms with Gasteiger partial charge >= 0.3 is 5.97 Å². The van der Waals surface area contributed by atoms with E-state index < -0.39 is 5.97 Å². The van der Waals surface area contributed by atoms with Gasteiger partial charge in [-0.15, -0.1) is 11.8 Å². The molecule has 3 rings (SSSR count). The summed E-state index contributed by atoms with van der Waals surface area (Å²) < 4.78 is 12.9. The maximum Gasteiger partial charge on any atom is 0.325 e. The predicted molar refractivity (Wildman–Crippen MR) is 116 cm³/mol. The number of nitrogens with zero attached hydrogens (tertiary/aromatic N) is 2. The Bertz CT molecular complexity index is 1060.